The number of hydrogen-bond donors (Lipinski definition) is 0. The van der Waals surface area contributed by atoms with Crippen molar-refractivity contribution in [3.63, 3.8) is 0 Å². The van der Waals surface area contributed by atoms with E-state index in [1.165, 1.54) is 0 Å². The van der Waals surface area contributed by atoms with Crippen molar-refractivity contribution in [1.29, 1.82) is 0 Å². The SMILES string of the molecule is CC(C)S(=O)(=O)c1cccc(C=CCBr)c1. The van der Waals surface area contributed by atoms with Gasteiger partial charge in [-0.25, -0.2) is 8.42 Å². The summed E-state index contributed by atoms with van der Waals surface area (Å²) in [5, 5.41) is 0.372. The highest BCUT2D eigenvalue weighted by atomic mass is 79.9. The van der Waals surface area contributed by atoms with Crippen molar-refractivity contribution in [3.05, 3.63) is 35.9 Å². The van der Waals surface area contributed by atoms with E-state index in [9.17, 15) is 8.42 Å². The maximum absolute atomic E-state index is 11.9. The summed E-state index contributed by atoms with van der Waals surface area (Å²) in [5.74, 6) is 0. The summed E-state index contributed by atoms with van der Waals surface area (Å²) in [4.78, 5) is 0.388. The van der Waals surface area contributed by atoms with Gasteiger partial charge in [-0.3, -0.25) is 0 Å². The second-order valence-electron chi connectivity index (χ2n) is 3.72. The molecule has 0 saturated heterocycles. The lowest BCUT2D eigenvalue weighted by atomic mass is 10.2. The van der Waals surface area contributed by atoms with Gasteiger partial charge in [-0.05, 0) is 31.5 Å². The molecule has 0 atom stereocenters. The Hall–Kier alpha value is -0.610. The molecule has 0 amide bonds. The highest BCUT2D eigenvalue weighted by Gasteiger charge is 2.18. The third-order valence-corrected chi connectivity index (χ3v) is 4.73. The van der Waals surface area contributed by atoms with Crippen LogP contribution in [0.1, 0.15) is 19.4 Å². The zero-order valence-electron chi connectivity index (χ0n) is 9.35. The smallest absolute Gasteiger partial charge is 0.180 e. The van der Waals surface area contributed by atoms with E-state index in [0.717, 1.165) is 10.9 Å². The van der Waals surface area contributed by atoms with Crippen LogP contribution in [0.4, 0.5) is 0 Å². The Morgan fingerprint density at radius 2 is 2.06 bits per heavy atom. The van der Waals surface area contributed by atoms with Crippen molar-refractivity contribution in [2.24, 2.45) is 0 Å². The number of allylic oxidation sites excluding steroid dienone is 1. The Morgan fingerprint density at radius 1 is 1.38 bits per heavy atom. The number of sulfone groups is 1. The van der Waals surface area contributed by atoms with Gasteiger partial charge in [0.05, 0.1) is 10.1 Å². The van der Waals surface area contributed by atoms with E-state index >= 15 is 0 Å². The normalized spacial score (nSPS) is 12.5. The van der Waals surface area contributed by atoms with Crippen LogP contribution in [0.2, 0.25) is 0 Å². The molecule has 1 rings (SSSR count). The lowest BCUT2D eigenvalue weighted by Gasteiger charge is -2.08. The van der Waals surface area contributed by atoms with E-state index in [0.29, 0.717) is 4.90 Å². The van der Waals surface area contributed by atoms with Crippen LogP contribution in [-0.4, -0.2) is 19.0 Å². The van der Waals surface area contributed by atoms with E-state index in [2.05, 4.69) is 15.9 Å². The highest BCUT2D eigenvalue weighted by molar-refractivity contribution is 9.09. The van der Waals surface area contributed by atoms with Gasteiger partial charge in [0, 0.05) is 5.33 Å². The van der Waals surface area contributed by atoms with Crippen molar-refractivity contribution in [2.45, 2.75) is 24.0 Å². The monoisotopic (exact) mass is 302 g/mol. The van der Waals surface area contributed by atoms with Gasteiger partial charge in [0.2, 0.25) is 0 Å². The fraction of sp³-hybridized carbons (Fsp3) is 0.333. The first-order valence-corrected chi connectivity index (χ1v) is 7.71. The van der Waals surface area contributed by atoms with Crippen molar-refractivity contribution < 1.29 is 8.42 Å². The van der Waals surface area contributed by atoms with Gasteiger partial charge in [-0.1, -0.05) is 40.2 Å². The van der Waals surface area contributed by atoms with Crippen LogP contribution < -0.4 is 0 Å². The minimum Gasteiger partial charge on any atom is -0.223 e. The molecule has 0 aliphatic rings. The molecule has 0 aliphatic carbocycles. The largest absolute Gasteiger partial charge is 0.223 e. The third-order valence-electron chi connectivity index (χ3n) is 2.21. The molecule has 0 aromatic heterocycles. The molecule has 88 valence electrons. The van der Waals surface area contributed by atoms with Crippen molar-refractivity contribution in [2.75, 3.05) is 5.33 Å². The zero-order valence-corrected chi connectivity index (χ0v) is 11.8. The Balaban J connectivity index is 3.13. The molecule has 16 heavy (non-hydrogen) atoms. The molecule has 0 unspecified atom stereocenters. The van der Waals surface area contributed by atoms with Gasteiger partial charge in [0.25, 0.3) is 0 Å². The van der Waals surface area contributed by atoms with Gasteiger partial charge in [-0.2, -0.15) is 0 Å². The Morgan fingerprint density at radius 3 is 2.62 bits per heavy atom. The molecule has 0 radical (unpaired) electrons. The molecule has 0 spiro atoms. The number of rotatable bonds is 4. The summed E-state index contributed by atoms with van der Waals surface area (Å²) in [7, 11) is -3.17. The van der Waals surface area contributed by atoms with Crippen LogP contribution in [-0.2, 0) is 9.84 Å². The lowest BCUT2D eigenvalue weighted by Crippen LogP contribution is -2.13. The minimum atomic E-state index is -3.17. The molecule has 0 fully saturated rings. The van der Waals surface area contributed by atoms with Crippen LogP contribution in [0.25, 0.3) is 6.08 Å². The number of halogens is 1. The summed E-state index contributed by atoms with van der Waals surface area (Å²) >= 11 is 3.28. The quantitative estimate of drug-likeness (QED) is 0.800. The van der Waals surface area contributed by atoms with E-state index in [1.54, 1.807) is 32.0 Å². The van der Waals surface area contributed by atoms with Crippen LogP contribution in [0.5, 0.6) is 0 Å². The van der Waals surface area contributed by atoms with Gasteiger partial charge in [0.1, 0.15) is 0 Å². The Bertz CT molecular complexity index is 476. The average molecular weight is 303 g/mol. The van der Waals surface area contributed by atoms with Crippen LogP contribution in [0.3, 0.4) is 0 Å². The van der Waals surface area contributed by atoms with E-state index in [4.69, 9.17) is 0 Å². The third kappa shape index (κ3) is 3.19. The molecular formula is C12H15BrO2S. The molecule has 2 nitrogen and oxygen atoms in total. The summed E-state index contributed by atoms with van der Waals surface area (Å²) in [6.07, 6.45) is 3.83. The average Bonchev–Trinajstić information content (AvgIpc) is 2.26. The Kier molecular flexibility index (Phi) is 4.74. The number of benzene rings is 1. The number of hydrogen-bond acceptors (Lipinski definition) is 2. The van der Waals surface area contributed by atoms with Crippen molar-refractivity contribution in [1.82, 2.24) is 0 Å². The summed E-state index contributed by atoms with van der Waals surface area (Å²) in [6.45, 7) is 3.38. The Labute approximate surface area is 105 Å². The topological polar surface area (TPSA) is 34.1 Å². The highest BCUT2D eigenvalue weighted by Crippen LogP contribution is 2.17. The maximum atomic E-state index is 11.9. The summed E-state index contributed by atoms with van der Waals surface area (Å²) in [5.41, 5.74) is 0.904. The van der Waals surface area contributed by atoms with Crippen LogP contribution in [0.15, 0.2) is 35.2 Å². The molecule has 0 bridgehead atoms. The van der Waals surface area contributed by atoms with Crippen LogP contribution >= 0.6 is 15.9 Å². The van der Waals surface area contributed by atoms with Gasteiger partial charge in [-0.15, -0.1) is 0 Å². The summed E-state index contributed by atoms with van der Waals surface area (Å²) < 4.78 is 23.8. The molecule has 0 heterocycles. The molecule has 0 N–H and O–H groups in total. The van der Waals surface area contributed by atoms with Crippen molar-refractivity contribution >= 4 is 31.8 Å². The minimum absolute atomic E-state index is 0.386. The molecule has 4 heteroatoms. The standard InChI is InChI=1S/C12H15BrO2S/c1-10(2)16(14,15)12-7-3-5-11(9-12)6-4-8-13/h3-7,9-10H,8H2,1-2H3. The van der Waals surface area contributed by atoms with Gasteiger partial charge < -0.3 is 0 Å². The maximum Gasteiger partial charge on any atom is 0.180 e. The second-order valence-corrected chi connectivity index (χ2v) is 6.87. The van der Waals surface area contributed by atoms with Crippen molar-refractivity contribution in [3.8, 4) is 0 Å². The predicted octanol–water partition coefficient (Wildman–Crippen LogP) is 3.28. The van der Waals surface area contributed by atoms with Crippen LogP contribution in [0, 0.1) is 0 Å². The summed E-state index contributed by atoms with van der Waals surface area (Å²) in [6, 6.07) is 7.00. The first kappa shape index (κ1) is 13.5. The fourth-order valence-corrected chi connectivity index (χ4v) is 2.55. The molecule has 1 aromatic carbocycles. The van der Waals surface area contributed by atoms with E-state index in [-0.39, 0.29) is 5.25 Å². The fourth-order valence-electron chi connectivity index (χ4n) is 1.25. The lowest BCUT2D eigenvalue weighted by molar-refractivity contribution is 0.587. The first-order chi connectivity index (χ1) is 7.48. The second kappa shape index (κ2) is 5.64. The zero-order chi connectivity index (χ0) is 12.2. The molecule has 0 saturated carbocycles. The van der Waals surface area contributed by atoms with E-state index in [1.807, 2.05) is 18.2 Å². The number of alkyl halides is 1. The van der Waals surface area contributed by atoms with Gasteiger partial charge >= 0.3 is 0 Å². The molecule has 0 aliphatic heterocycles. The first-order valence-electron chi connectivity index (χ1n) is 5.05. The van der Waals surface area contributed by atoms with E-state index < -0.39 is 9.84 Å². The van der Waals surface area contributed by atoms with Gasteiger partial charge in [0.15, 0.2) is 9.84 Å². The molecular weight excluding hydrogens is 288 g/mol. The molecule has 1 aromatic rings. The predicted molar refractivity (Wildman–Crippen MR) is 71.6 cm³/mol.